The average molecular weight is 391 g/mol. The van der Waals surface area contributed by atoms with Crippen LogP contribution < -0.4 is 19.8 Å². The van der Waals surface area contributed by atoms with Crippen LogP contribution in [0.2, 0.25) is 0 Å². The predicted molar refractivity (Wildman–Crippen MR) is 115 cm³/mol. The van der Waals surface area contributed by atoms with E-state index in [2.05, 4.69) is 33.5 Å². The smallest absolute Gasteiger partial charge is 0.259 e. The van der Waals surface area contributed by atoms with E-state index in [4.69, 9.17) is 15.9 Å². The lowest BCUT2D eigenvalue weighted by Gasteiger charge is -2.30. The number of nitrogens with zero attached hydrogens (tertiary/aromatic N) is 2. The number of amides is 1. The minimum Gasteiger partial charge on any atom is -0.490 e. The maximum atomic E-state index is 12.3. The minimum atomic E-state index is -0.156. The van der Waals surface area contributed by atoms with Crippen LogP contribution in [0.3, 0.4) is 0 Å². The van der Waals surface area contributed by atoms with Gasteiger partial charge in [-0.25, -0.2) is 5.43 Å². The van der Waals surface area contributed by atoms with E-state index in [1.807, 2.05) is 25.1 Å². The van der Waals surface area contributed by atoms with Gasteiger partial charge in [-0.3, -0.25) is 4.79 Å². The number of benzene rings is 2. The highest BCUT2D eigenvalue weighted by Gasteiger charge is 2.18. The zero-order valence-electron chi connectivity index (χ0n) is 16.6. The number of carbonyl (C=O) groups excluding carboxylic acids is 1. The van der Waals surface area contributed by atoms with Crippen molar-refractivity contribution < 1.29 is 14.3 Å². The number of terminal acetylenes is 1. The van der Waals surface area contributed by atoms with Crippen LogP contribution in [-0.4, -0.2) is 38.4 Å². The van der Waals surface area contributed by atoms with Crippen molar-refractivity contribution in [2.24, 2.45) is 5.10 Å². The molecule has 29 heavy (non-hydrogen) atoms. The number of rotatable bonds is 8. The second-order valence-electron chi connectivity index (χ2n) is 6.58. The van der Waals surface area contributed by atoms with Gasteiger partial charge >= 0.3 is 0 Å². The van der Waals surface area contributed by atoms with Crippen LogP contribution in [-0.2, 0) is 11.2 Å². The third-order valence-electron chi connectivity index (χ3n) is 4.52. The Morgan fingerprint density at radius 1 is 1.28 bits per heavy atom. The second-order valence-corrected chi connectivity index (χ2v) is 6.58. The van der Waals surface area contributed by atoms with Crippen molar-refractivity contribution in [3.05, 3.63) is 53.6 Å². The summed E-state index contributed by atoms with van der Waals surface area (Å²) in [4.78, 5) is 14.4. The molecule has 6 nitrogen and oxygen atoms in total. The number of aryl methyl sites for hydroxylation is 1. The molecule has 2 aromatic carbocycles. The number of fused-ring (bicyclic) bond motifs is 1. The number of para-hydroxylation sites is 1. The van der Waals surface area contributed by atoms with Gasteiger partial charge < -0.3 is 14.4 Å². The van der Waals surface area contributed by atoms with E-state index in [1.54, 1.807) is 18.3 Å². The van der Waals surface area contributed by atoms with Crippen LogP contribution in [0, 0.1) is 12.3 Å². The Hall–Kier alpha value is -3.46. The Morgan fingerprint density at radius 2 is 2.14 bits per heavy atom. The highest BCUT2D eigenvalue weighted by molar-refractivity contribution is 5.85. The molecule has 0 fully saturated rings. The summed E-state index contributed by atoms with van der Waals surface area (Å²) < 4.78 is 11.1. The van der Waals surface area contributed by atoms with Crippen molar-refractivity contribution >= 4 is 17.8 Å². The monoisotopic (exact) mass is 391 g/mol. The van der Waals surface area contributed by atoms with Gasteiger partial charge in [-0.15, -0.1) is 6.42 Å². The molecule has 0 bridgehead atoms. The molecule has 0 aromatic heterocycles. The average Bonchev–Trinajstić information content (AvgIpc) is 2.74. The van der Waals surface area contributed by atoms with Crippen LogP contribution in [0.4, 0.5) is 5.69 Å². The number of hydrogen-bond donors (Lipinski definition) is 1. The SMILES string of the molecule is C#CCOc1ccc(/C=N\NC(=O)CN2CCCc3ccccc32)cc1OCC. The number of ether oxygens (including phenoxy) is 2. The number of hydrazone groups is 1. The lowest BCUT2D eigenvalue weighted by molar-refractivity contribution is -0.119. The molecule has 1 aliphatic heterocycles. The number of hydrogen-bond acceptors (Lipinski definition) is 5. The Kier molecular flexibility index (Phi) is 7.12. The summed E-state index contributed by atoms with van der Waals surface area (Å²) in [5.74, 6) is 3.44. The first-order valence-corrected chi connectivity index (χ1v) is 9.69. The molecule has 0 unspecified atom stereocenters. The van der Waals surface area contributed by atoms with Gasteiger partial charge in [0, 0.05) is 12.2 Å². The Bertz CT molecular complexity index is 918. The molecule has 150 valence electrons. The van der Waals surface area contributed by atoms with Gasteiger partial charge in [0.15, 0.2) is 11.5 Å². The zero-order valence-corrected chi connectivity index (χ0v) is 16.6. The fourth-order valence-corrected chi connectivity index (χ4v) is 3.28. The first-order valence-electron chi connectivity index (χ1n) is 9.69. The third kappa shape index (κ3) is 5.52. The van der Waals surface area contributed by atoms with Crippen LogP contribution in [0.5, 0.6) is 11.5 Å². The number of carbonyl (C=O) groups is 1. The van der Waals surface area contributed by atoms with Crippen LogP contribution in [0.25, 0.3) is 0 Å². The van der Waals surface area contributed by atoms with Gasteiger partial charge in [-0.2, -0.15) is 5.10 Å². The molecule has 0 saturated heterocycles. The summed E-state index contributed by atoms with van der Waals surface area (Å²) in [6.45, 7) is 3.71. The molecule has 3 rings (SSSR count). The highest BCUT2D eigenvalue weighted by atomic mass is 16.5. The van der Waals surface area contributed by atoms with Gasteiger partial charge in [0.2, 0.25) is 0 Å². The maximum Gasteiger partial charge on any atom is 0.259 e. The number of nitrogens with one attached hydrogen (secondary N) is 1. The van der Waals surface area contributed by atoms with E-state index in [-0.39, 0.29) is 19.1 Å². The first kappa shape index (κ1) is 20.3. The lowest BCUT2D eigenvalue weighted by Crippen LogP contribution is -2.38. The van der Waals surface area contributed by atoms with E-state index in [9.17, 15) is 4.79 Å². The first-order chi connectivity index (χ1) is 14.2. The minimum absolute atomic E-state index is 0.156. The van der Waals surface area contributed by atoms with Crippen molar-refractivity contribution in [3.8, 4) is 23.8 Å². The molecular formula is C23H25N3O3. The molecule has 2 aromatic rings. The predicted octanol–water partition coefficient (Wildman–Crippen LogP) is 3.00. The molecule has 0 saturated carbocycles. The van der Waals surface area contributed by atoms with Crippen LogP contribution >= 0.6 is 0 Å². The fourth-order valence-electron chi connectivity index (χ4n) is 3.28. The second kappa shape index (κ2) is 10.2. The van der Waals surface area contributed by atoms with Gasteiger partial charge in [0.25, 0.3) is 5.91 Å². The molecule has 0 aliphatic carbocycles. The maximum absolute atomic E-state index is 12.3. The molecule has 1 aliphatic rings. The molecule has 0 spiro atoms. The van der Waals surface area contributed by atoms with E-state index >= 15 is 0 Å². The molecule has 0 atom stereocenters. The van der Waals surface area contributed by atoms with Crippen LogP contribution in [0.15, 0.2) is 47.6 Å². The topological polar surface area (TPSA) is 63.2 Å². The van der Waals surface area contributed by atoms with E-state index in [0.717, 1.165) is 30.6 Å². The highest BCUT2D eigenvalue weighted by Crippen LogP contribution is 2.28. The Labute approximate surface area is 171 Å². The van der Waals surface area contributed by atoms with E-state index in [0.29, 0.717) is 18.1 Å². The van der Waals surface area contributed by atoms with Crippen molar-refractivity contribution in [3.63, 3.8) is 0 Å². The summed E-state index contributed by atoms with van der Waals surface area (Å²) in [6, 6.07) is 13.6. The third-order valence-corrected chi connectivity index (χ3v) is 4.52. The molecule has 1 amide bonds. The van der Waals surface area contributed by atoms with Crippen LogP contribution in [0.1, 0.15) is 24.5 Å². The molecular weight excluding hydrogens is 366 g/mol. The summed E-state index contributed by atoms with van der Waals surface area (Å²) in [5, 5.41) is 4.08. The summed E-state index contributed by atoms with van der Waals surface area (Å²) in [6.07, 6.45) is 8.91. The van der Waals surface area contributed by atoms with Crippen molar-refractivity contribution in [1.29, 1.82) is 0 Å². The van der Waals surface area contributed by atoms with Gasteiger partial charge in [-0.1, -0.05) is 24.1 Å². The lowest BCUT2D eigenvalue weighted by atomic mass is 10.0. The Balaban J connectivity index is 1.59. The van der Waals surface area contributed by atoms with Gasteiger partial charge in [0.05, 0.1) is 19.4 Å². The standard InChI is InChI=1S/C23H25N3O3/c1-3-14-29-21-12-11-18(15-22(21)28-4-2)16-24-25-23(27)17-26-13-7-9-19-8-5-6-10-20(19)26/h1,5-6,8,10-12,15-16H,4,7,9,13-14,17H2,2H3,(H,25,27)/b24-16-. The largest absolute Gasteiger partial charge is 0.490 e. The summed E-state index contributed by atoms with van der Waals surface area (Å²) in [7, 11) is 0. The molecule has 1 N–H and O–H groups in total. The van der Waals surface area contributed by atoms with Gasteiger partial charge in [0.1, 0.15) is 6.61 Å². The number of anilines is 1. The van der Waals surface area contributed by atoms with E-state index in [1.165, 1.54) is 5.56 Å². The molecule has 0 radical (unpaired) electrons. The van der Waals surface area contributed by atoms with Gasteiger partial charge in [-0.05, 0) is 55.2 Å². The Morgan fingerprint density at radius 3 is 2.97 bits per heavy atom. The summed E-state index contributed by atoms with van der Waals surface area (Å²) >= 11 is 0. The summed E-state index contributed by atoms with van der Waals surface area (Å²) in [5.41, 5.74) is 5.79. The molecule has 1 heterocycles. The van der Waals surface area contributed by atoms with Crippen molar-refractivity contribution in [2.75, 3.05) is 31.2 Å². The molecule has 6 heteroatoms. The van der Waals surface area contributed by atoms with Crippen molar-refractivity contribution in [1.82, 2.24) is 5.43 Å². The van der Waals surface area contributed by atoms with E-state index < -0.39 is 0 Å². The zero-order chi connectivity index (χ0) is 20.5. The quantitative estimate of drug-likeness (QED) is 0.427. The fraction of sp³-hybridized carbons (Fsp3) is 0.304. The normalized spacial score (nSPS) is 12.9. The van der Waals surface area contributed by atoms with Crippen molar-refractivity contribution in [2.45, 2.75) is 19.8 Å².